The van der Waals surface area contributed by atoms with Crippen molar-refractivity contribution in [3.05, 3.63) is 22.7 Å². The molecule has 0 saturated carbocycles. The van der Waals surface area contributed by atoms with Gasteiger partial charge in [0.2, 0.25) is 0 Å². The van der Waals surface area contributed by atoms with Crippen LogP contribution in [0.5, 0.6) is 11.5 Å². The van der Waals surface area contributed by atoms with Crippen LogP contribution in [0.1, 0.15) is 25.3 Å². The summed E-state index contributed by atoms with van der Waals surface area (Å²) in [5, 5.41) is 0.644. The van der Waals surface area contributed by atoms with Gasteiger partial charge in [-0.1, -0.05) is 25.4 Å². The Bertz CT molecular complexity index is 347. The summed E-state index contributed by atoms with van der Waals surface area (Å²) in [6, 6.07) is 3.95. The highest BCUT2D eigenvalue weighted by molar-refractivity contribution is 6.32. The van der Waals surface area contributed by atoms with E-state index in [1.54, 1.807) is 0 Å². The van der Waals surface area contributed by atoms with Gasteiger partial charge >= 0.3 is 0 Å². The average molecular weight is 213 g/mol. The van der Waals surface area contributed by atoms with Crippen LogP contribution >= 0.6 is 11.6 Å². The molecule has 0 N–H and O–H groups in total. The largest absolute Gasteiger partial charge is 0.486 e. The van der Waals surface area contributed by atoms with E-state index < -0.39 is 0 Å². The summed E-state index contributed by atoms with van der Waals surface area (Å²) in [6.07, 6.45) is 0. The van der Waals surface area contributed by atoms with Gasteiger partial charge in [-0.25, -0.2) is 0 Å². The quantitative estimate of drug-likeness (QED) is 0.712. The van der Waals surface area contributed by atoms with Gasteiger partial charge < -0.3 is 9.47 Å². The number of halogens is 1. The van der Waals surface area contributed by atoms with Crippen molar-refractivity contribution in [1.82, 2.24) is 0 Å². The molecule has 0 spiro atoms. The van der Waals surface area contributed by atoms with Crippen molar-refractivity contribution in [2.45, 2.75) is 19.8 Å². The molecule has 0 bridgehead atoms. The zero-order valence-corrected chi connectivity index (χ0v) is 9.10. The summed E-state index contributed by atoms with van der Waals surface area (Å²) in [5.41, 5.74) is 1.18. The number of hydrogen-bond donors (Lipinski definition) is 0. The molecule has 2 nitrogen and oxygen atoms in total. The molecule has 76 valence electrons. The maximum atomic E-state index is 6.09. The highest BCUT2D eigenvalue weighted by Crippen LogP contribution is 2.39. The molecule has 1 aromatic rings. The van der Waals surface area contributed by atoms with E-state index >= 15 is 0 Å². The SMILES string of the molecule is CC(C)c1cc(Cl)c2c(c1)OCCO2. The summed E-state index contributed by atoms with van der Waals surface area (Å²) in [5.74, 6) is 1.90. The summed E-state index contributed by atoms with van der Waals surface area (Å²) in [6.45, 7) is 5.43. The fraction of sp³-hybridized carbons (Fsp3) is 0.455. The van der Waals surface area contributed by atoms with E-state index in [-0.39, 0.29) is 0 Å². The third-order valence-electron chi connectivity index (χ3n) is 2.29. The van der Waals surface area contributed by atoms with Crippen LogP contribution in [0, 0.1) is 0 Å². The number of fused-ring (bicyclic) bond motifs is 1. The van der Waals surface area contributed by atoms with Crippen molar-refractivity contribution in [2.75, 3.05) is 13.2 Å². The van der Waals surface area contributed by atoms with Gasteiger partial charge in [-0.05, 0) is 23.6 Å². The van der Waals surface area contributed by atoms with Gasteiger partial charge in [-0.2, -0.15) is 0 Å². The van der Waals surface area contributed by atoms with Crippen molar-refractivity contribution in [3.8, 4) is 11.5 Å². The normalized spacial score (nSPS) is 14.6. The predicted molar refractivity (Wildman–Crippen MR) is 56.5 cm³/mol. The first-order valence-electron chi connectivity index (χ1n) is 4.77. The van der Waals surface area contributed by atoms with Crippen molar-refractivity contribution in [3.63, 3.8) is 0 Å². The second-order valence-corrected chi connectivity index (χ2v) is 4.09. The molecule has 1 aromatic carbocycles. The first-order valence-corrected chi connectivity index (χ1v) is 5.15. The molecule has 2 rings (SSSR count). The third kappa shape index (κ3) is 1.67. The molecule has 0 saturated heterocycles. The average Bonchev–Trinajstić information content (AvgIpc) is 2.17. The van der Waals surface area contributed by atoms with Gasteiger partial charge in [0.1, 0.15) is 13.2 Å². The van der Waals surface area contributed by atoms with Crippen molar-refractivity contribution in [1.29, 1.82) is 0 Å². The Balaban J connectivity index is 2.46. The lowest BCUT2D eigenvalue weighted by Gasteiger charge is -2.21. The van der Waals surface area contributed by atoms with E-state index in [9.17, 15) is 0 Å². The van der Waals surface area contributed by atoms with Gasteiger partial charge in [-0.3, -0.25) is 0 Å². The number of ether oxygens (including phenoxy) is 2. The minimum Gasteiger partial charge on any atom is -0.486 e. The van der Waals surface area contributed by atoms with Gasteiger partial charge in [0.25, 0.3) is 0 Å². The Morgan fingerprint density at radius 1 is 1.21 bits per heavy atom. The Hall–Kier alpha value is -0.890. The molecule has 1 aliphatic rings. The van der Waals surface area contributed by atoms with E-state index in [0.717, 1.165) is 5.75 Å². The molecular formula is C11H13ClO2. The van der Waals surface area contributed by atoms with Crippen LogP contribution in [0.4, 0.5) is 0 Å². The van der Waals surface area contributed by atoms with Crippen LogP contribution in [0.3, 0.4) is 0 Å². The minimum absolute atomic E-state index is 0.448. The van der Waals surface area contributed by atoms with Crippen LogP contribution in [0.25, 0.3) is 0 Å². The molecule has 0 aliphatic carbocycles. The van der Waals surface area contributed by atoms with Crippen molar-refractivity contribution >= 4 is 11.6 Å². The predicted octanol–water partition coefficient (Wildman–Crippen LogP) is 3.23. The van der Waals surface area contributed by atoms with E-state index in [4.69, 9.17) is 21.1 Å². The molecule has 3 heteroatoms. The third-order valence-corrected chi connectivity index (χ3v) is 2.57. The maximum absolute atomic E-state index is 6.09. The van der Waals surface area contributed by atoms with Crippen LogP contribution in [-0.2, 0) is 0 Å². The second-order valence-electron chi connectivity index (χ2n) is 3.68. The van der Waals surface area contributed by atoms with Gasteiger partial charge in [0.15, 0.2) is 11.5 Å². The summed E-state index contributed by atoms with van der Waals surface area (Å²) >= 11 is 6.09. The molecule has 0 amide bonds. The highest BCUT2D eigenvalue weighted by atomic mass is 35.5. The fourth-order valence-electron chi connectivity index (χ4n) is 1.46. The van der Waals surface area contributed by atoms with Crippen LogP contribution in [0.15, 0.2) is 12.1 Å². The van der Waals surface area contributed by atoms with Crippen LogP contribution < -0.4 is 9.47 Å². The molecule has 14 heavy (non-hydrogen) atoms. The molecule has 1 aliphatic heterocycles. The number of benzene rings is 1. The zero-order valence-electron chi connectivity index (χ0n) is 8.34. The summed E-state index contributed by atoms with van der Waals surface area (Å²) in [7, 11) is 0. The lowest BCUT2D eigenvalue weighted by Crippen LogP contribution is -2.15. The Kier molecular flexibility index (Phi) is 2.55. The van der Waals surface area contributed by atoms with Crippen LogP contribution in [0.2, 0.25) is 5.02 Å². The van der Waals surface area contributed by atoms with Crippen molar-refractivity contribution in [2.24, 2.45) is 0 Å². The lowest BCUT2D eigenvalue weighted by molar-refractivity contribution is 0.171. The zero-order chi connectivity index (χ0) is 10.1. The Morgan fingerprint density at radius 2 is 1.93 bits per heavy atom. The van der Waals surface area contributed by atoms with E-state index in [1.165, 1.54) is 5.56 Å². The number of rotatable bonds is 1. The molecule has 0 fully saturated rings. The van der Waals surface area contributed by atoms with Gasteiger partial charge in [0, 0.05) is 0 Å². The smallest absolute Gasteiger partial charge is 0.179 e. The summed E-state index contributed by atoms with van der Waals surface area (Å²) in [4.78, 5) is 0. The van der Waals surface area contributed by atoms with Crippen molar-refractivity contribution < 1.29 is 9.47 Å². The second kappa shape index (κ2) is 3.70. The molecular weight excluding hydrogens is 200 g/mol. The maximum Gasteiger partial charge on any atom is 0.179 e. The standard InChI is InChI=1S/C11H13ClO2/c1-7(2)8-5-9(12)11-10(6-8)13-3-4-14-11/h5-7H,3-4H2,1-2H3. The van der Waals surface area contributed by atoms with E-state index in [1.807, 2.05) is 12.1 Å². The highest BCUT2D eigenvalue weighted by Gasteiger charge is 2.17. The topological polar surface area (TPSA) is 18.5 Å². The summed E-state index contributed by atoms with van der Waals surface area (Å²) < 4.78 is 10.9. The molecule has 0 aromatic heterocycles. The van der Waals surface area contributed by atoms with Gasteiger partial charge in [-0.15, -0.1) is 0 Å². The lowest BCUT2D eigenvalue weighted by atomic mass is 10.0. The first-order chi connectivity index (χ1) is 6.68. The van der Waals surface area contributed by atoms with E-state index in [2.05, 4.69) is 13.8 Å². The van der Waals surface area contributed by atoms with E-state index in [0.29, 0.717) is 29.9 Å². The number of hydrogen-bond acceptors (Lipinski definition) is 2. The fourth-order valence-corrected chi connectivity index (χ4v) is 1.74. The molecule has 0 atom stereocenters. The minimum atomic E-state index is 0.448. The Morgan fingerprint density at radius 3 is 2.64 bits per heavy atom. The molecule has 0 radical (unpaired) electrons. The van der Waals surface area contributed by atoms with Gasteiger partial charge in [0.05, 0.1) is 5.02 Å². The van der Waals surface area contributed by atoms with Crippen LogP contribution in [-0.4, -0.2) is 13.2 Å². The monoisotopic (exact) mass is 212 g/mol. The Labute approximate surface area is 88.8 Å². The first kappa shape index (κ1) is 9.66. The molecule has 0 unspecified atom stereocenters. The molecule has 1 heterocycles.